The van der Waals surface area contributed by atoms with Gasteiger partial charge in [0.05, 0.1) is 31.6 Å². The number of alkyl halides is 9. The largest absolute Gasteiger partial charge is 0.573 e. The van der Waals surface area contributed by atoms with Crippen molar-refractivity contribution in [2.24, 2.45) is 0 Å². The highest BCUT2D eigenvalue weighted by molar-refractivity contribution is 7.99. The Hall–Kier alpha value is -2.52. The fourth-order valence-electron chi connectivity index (χ4n) is 3.00. The summed E-state index contributed by atoms with van der Waals surface area (Å²) in [4.78, 5) is 12.8. The van der Waals surface area contributed by atoms with Gasteiger partial charge >= 0.3 is 18.7 Å². The van der Waals surface area contributed by atoms with Crippen LogP contribution in [-0.2, 0) is 11.3 Å². The summed E-state index contributed by atoms with van der Waals surface area (Å²) in [6, 6.07) is 4.95. The van der Waals surface area contributed by atoms with Gasteiger partial charge in [-0.25, -0.2) is 9.97 Å². The topological polar surface area (TPSA) is 88.1 Å². The SMILES string of the molecule is Nc1nc(Sc2ccc(OC(F)(F)F)cc2)c2ncn(CCOCP(CC(F)(F)F)CC(F)(F)F)c2n1. The first-order chi connectivity index (χ1) is 17.1. The third-order valence-corrected chi connectivity index (χ3v) is 7.42. The van der Waals surface area contributed by atoms with Crippen LogP contribution in [0.4, 0.5) is 45.5 Å². The summed E-state index contributed by atoms with van der Waals surface area (Å²) in [5, 5.41) is 0.269. The molecule has 1 aromatic carbocycles. The van der Waals surface area contributed by atoms with E-state index in [0.717, 1.165) is 23.9 Å². The zero-order chi connectivity index (χ0) is 27.4. The number of hydrogen-bond acceptors (Lipinski definition) is 7. The van der Waals surface area contributed by atoms with Crippen LogP contribution >= 0.6 is 19.7 Å². The van der Waals surface area contributed by atoms with Crippen molar-refractivity contribution in [1.29, 1.82) is 0 Å². The molecule has 2 heterocycles. The normalized spacial score (nSPS) is 13.0. The predicted molar refractivity (Wildman–Crippen MR) is 117 cm³/mol. The molecule has 0 fully saturated rings. The number of aromatic nitrogens is 4. The van der Waals surface area contributed by atoms with Gasteiger partial charge in [-0.15, -0.1) is 13.2 Å². The first kappa shape index (κ1) is 29.0. The van der Waals surface area contributed by atoms with Crippen LogP contribution in [0.2, 0.25) is 0 Å². The molecule has 2 N–H and O–H groups in total. The van der Waals surface area contributed by atoms with Gasteiger partial charge in [0, 0.05) is 11.4 Å². The number of benzene rings is 1. The van der Waals surface area contributed by atoms with Crippen LogP contribution in [0.15, 0.2) is 40.5 Å². The molecule has 0 amide bonds. The molecule has 204 valence electrons. The lowest BCUT2D eigenvalue weighted by atomic mass is 10.3. The van der Waals surface area contributed by atoms with Crippen molar-refractivity contribution >= 4 is 36.8 Å². The van der Waals surface area contributed by atoms with Gasteiger partial charge in [-0.1, -0.05) is 19.7 Å². The molecule has 7 nitrogen and oxygen atoms in total. The summed E-state index contributed by atoms with van der Waals surface area (Å²) < 4.78 is 123. The molecular weight excluding hydrogens is 564 g/mol. The molecule has 18 heteroatoms. The van der Waals surface area contributed by atoms with E-state index in [9.17, 15) is 39.5 Å². The number of imidazole rings is 1. The number of anilines is 1. The fraction of sp³-hybridized carbons (Fsp3) is 0.421. The zero-order valence-corrected chi connectivity index (χ0v) is 20.1. The Balaban J connectivity index is 1.66. The highest BCUT2D eigenvalue weighted by Gasteiger charge is 2.38. The van der Waals surface area contributed by atoms with Crippen molar-refractivity contribution in [2.75, 3.05) is 31.0 Å². The van der Waals surface area contributed by atoms with Crippen molar-refractivity contribution in [3.8, 4) is 5.75 Å². The van der Waals surface area contributed by atoms with Crippen molar-refractivity contribution in [1.82, 2.24) is 19.5 Å². The van der Waals surface area contributed by atoms with Crippen molar-refractivity contribution < 1.29 is 49.0 Å². The van der Waals surface area contributed by atoms with Gasteiger partial charge in [0.25, 0.3) is 0 Å². The summed E-state index contributed by atoms with van der Waals surface area (Å²) in [6.07, 6.45) is -16.8. The lowest BCUT2D eigenvalue weighted by molar-refractivity contribution is -0.274. The monoisotopic (exact) mass is 581 g/mol. The van der Waals surface area contributed by atoms with E-state index in [4.69, 9.17) is 10.5 Å². The number of hydrogen-bond donors (Lipinski definition) is 1. The quantitative estimate of drug-likeness (QED) is 0.135. The third-order valence-electron chi connectivity index (χ3n) is 4.28. The van der Waals surface area contributed by atoms with Gasteiger partial charge in [0.2, 0.25) is 5.95 Å². The Morgan fingerprint density at radius 1 is 0.919 bits per heavy atom. The first-order valence-electron chi connectivity index (χ1n) is 10.0. The van der Waals surface area contributed by atoms with Crippen LogP contribution < -0.4 is 10.5 Å². The summed E-state index contributed by atoms with van der Waals surface area (Å²) in [6.45, 7) is -0.213. The molecule has 0 saturated carbocycles. The maximum Gasteiger partial charge on any atom is 0.573 e. The average Bonchev–Trinajstić information content (AvgIpc) is 3.12. The number of nitrogen functional groups attached to an aromatic ring is 1. The van der Waals surface area contributed by atoms with E-state index < -0.39 is 51.1 Å². The molecule has 0 aliphatic carbocycles. The average molecular weight is 581 g/mol. The molecule has 0 atom stereocenters. The molecule has 0 bridgehead atoms. The second kappa shape index (κ2) is 11.5. The molecular formula is C19H17F9N5O2PS. The predicted octanol–water partition coefficient (Wildman–Crippen LogP) is 6.04. The Labute approximate surface area is 208 Å². The van der Waals surface area contributed by atoms with Crippen LogP contribution in [0.1, 0.15) is 0 Å². The van der Waals surface area contributed by atoms with Gasteiger partial charge in [-0.05, 0) is 24.3 Å². The molecule has 0 aliphatic rings. The number of nitrogens with zero attached hydrogens (tertiary/aromatic N) is 4. The zero-order valence-electron chi connectivity index (χ0n) is 18.4. The minimum absolute atomic E-state index is 0.00173. The molecule has 0 saturated heterocycles. The number of ether oxygens (including phenoxy) is 2. The number of fused-ring (bicyclic) bond motifs is 1. The maximum atomic E-state index is 12.6. The summed E-state index contributed by atoms with van der Waals surface area (Å²) in [5.41, 5.74) is 6.24. The van der Waals surface area contributed by atoms with Crippen LogP contribution in [0.5, 0.6) is 5.75 Å². The molecule has 0 unspecified atom stereocenters. The molecule has 0 spiro atoms. The first-order valence-corrected chi connectivity index (χ1v) is 12.7. The number of halogens is 9. The number of rotatable bonds is 10. The minimum atomic E-state index is -4.84. The van der Waals surface area contributed by atoms with Crippen LogP contribution in [0.3, 0.4) is 0 Å². The smallest absolute Gasteiger partial charge is 0.406 e. The second-order valence-corrected chi connectivity index (χ2v) is 10.7. The van der Waals surface area contributed by atoms with E-state index >= 15 is 0 Å². The summed E-state index contributed by atoms with van der Waals surface area (Å²) in [5.74, 6) is -0.573. The molecule has 0 radical (unpaired) electrons. The maximum absolute atomic E-state index is 12.6. The van der Waals surface area contributed by atoms with Crippen molar-refractivity contribution in [3.63, 3.8) is 0 Å². The van der Waals surface area contributed by atoms with Gasteiger partial charge in [-0.3, -0.25) is 0 Å². The molecule has 37 heavy (non-hydrogen) atoms. The lowest BCUT2D eigenvalue weighted by Crippen LogP contribution is -2.22. The summed E-state index contributed by atoms with van der Waals surface area (Å²) in [7, 11) is -2.51. The highest BCUT2D eigenvalue weighted by atomic mass is 32.2. The highest BCUT2D eigenvalue weighted by Crippen LogP contribution is 2.45. The van der Waals surface area contributed by atoms with Crippen LogP contribution in [0.25, 0.3) is 11.2 Å². The third kappa shape index (κ3) is 9.70. The van der Waals surface area contributed by atoms with Crippen molar-refractivity contribution in [2.45, 2.75) is 35.2 Å². The minimum Gasteiger partial charge on any atom is -0.406 e. The molecule has 3 rings (SSSR count). The lowest BCUT2D eigenvalue weighted by Gasteiger charge is -2.20. The Morgan fingerprint density at radius 3 is 2.11 bits per heavy atom. The van der Waals surface area contributed by atoms with Gasteiger partial charge < -0.3 is 19.8 Å². The van der Waals surface area contributed by atoms with E-state index in [0.29, 0.717) is 4.90 Å². The molecule has 0 aliphatic heterocycles. The number of nitrogens with two attached hydrogens (primary N) is 1. The Bertz CT molecular complexity index is 1170. The second-order valence-electron chi connectivity index (χ2n) is 7.37. The van der Waals surface area contributed by atoms with Gasteiger partial charge in [0.1, 0.15) is 16.3 Å². The van der Waals surface area contributed by atoms with E-state index in [2.05, 4.69) is 19.7 Å². The van der Waals surface area contributed by atoms with E-state index in [1.165, 1.54) is 23.0 Å². The Kier molecular flexibility index (Phi) is 9.01. The van der Waals surface area contributed by atoms with E-state index in [-0.39, 0.29) is 35.3 Å². The summed E-state index contributed by atoms with van der Waals surface area (Å²) >= 11 is 1.03. The van der Waals surface area contributed by atoms with E-state index in [1.54, 1.807) is 0 Å². The van der Waals surface area contributed by atoms with Gasteiger partial charge in [0.15, 0.2) is 5.65 Å². The Morgan fingerprint density at radius 2 is 1.54 bits per heavy atom. The van der Waals surface area contributed by atoms with Gasteiger partial charge in [-0.2, -0.15) is 31.3 Å². The van der Waals surface area contributed by atoms with E-state index in [1.807, 2.05) is 0 Å². The van der Waals surface area contributed by atoms with Crippen LogP contribution in [0, 0.1) is 0 Å². The molecule has 3 aromatic rings. The van der Waals surface area contributed by atoms with Crippen LogP contribution in [-0.4, -0.2) is 63.5 Å². The molecule has 2 aromatic heterocycles. The fourth-order valence-corrected chi connectivity index (χ4v) is 5.57. The van der Waals surface area contributed by atoms with Crippen molar-refractivity contribution in [3.05, 3.63) is 30.6 Å². The standard InChI is InChI=1S/C19H17F9N5O2PS/c20-17(21,22)7-36(8-18(23,24)25)10-34-6-5-33-9-30-13-14(33)31-16(29)32-15(13)37-12-3-1-11(2-4-12)35-19(26,27)28/h1-4,9H,5-8,10H2,(H2,29,31,32).